The molecule has 26 heavy (non-hydrogen) atoms. The second-order valence-electron chi connectivity index (χ2n) is 10.5. The standard InChI is InChI=1S/C24H35N.ClH/c1-23(22-6-3-2-4-7-22)8-5-10-25(18-23)11-9-24-15-19-12-20(16-24)14-21(13-19)17-24;/h2-4,6-7,19-21H,5,8-18H2,1H3;1H. The molecule has 0 aromatic heterocycles. The van der Waals surface area contributed by atoms with E-state index in [4.69, 9.17) is 0 Å². The van der Waals surface area contributed by atoms with Gasteiger partial charge < -0.3 is 4.90 Å². The van der Waals surface area contributed by atoms with E-state index < -0.39 is 0 Å². The zero-order chi connectivity index (χ0) is 16.9. The Morgan fingerprint density at radius 1 is 0.962 bits per heavy atom. The molecule has 1 nitrogen and oxygen atoms in total. The predicted molar refractivity (Wildman–Crippen MR) is 112 cm³/mol. The Morgan fingerprint density at radius 2 is 1.58 bits per heavy atom. The highest BCUT2D eigenvalue weighted by Gasteiger charge is 2.50. The van der Waals surface area contributed by atoms with E-state index in [0.717, 1.165) is 23.2 Å². The van der Waals surface area contributed by atoms with Gasteiger partial charge >= 0.3 is 0 Å². The first kappa shape index (κ1) is 18.8. The SMILES string of the molecule is CC1(c2ccccc2)CCCN(CCC23CC4CC(CC(C4)C2)C3)C1.Cl. The van der Waals surface area contributed by atoms with Gasteiger partial charge in [-0.3, -0.25) is 0 Å². The van der Waals surface area contributed by atoms with E-state index in [1.165, 1.54) is 38.9 Å². The highest BCUT2D eigenvalue weighted by Crippen LogP contribution is 2.61. The van der Waals surface area contributed by atoms with Crippen molar-refractivity contribution >= 4 is 12.4 Å². The second-order valence-corrected chi connectivity index (χ2v) is 10.5. The molecule has 1 saturated heterocycles. The van der Waals surface area contributed by atoms with E-state index in [1.54, 1.807) is 44.1 Å². The first-order valence-corrected chi connectivity index (χ1v) is 10.9. The van der Waals surface area contributed by atoms with E-state index in [2.05, 4.69) is 42.2 Å². The van der Waals surface area contributed by atoms with Gasteiger partial charge in [0.1, 0.15) is 0 Å². The number of halogens is 1. The van der Waals surface area contributed by atoms with Crippen LogP contribution >= 0.6 is 12.4 Å². The van der Waals surface area contributed by atoms with Gasteiger partial charge in [0.25, 0.3) is 0 Å². The summed E-state index contributed by atoms with van der Waals surface area (Å²) in [6.07, 6.45) is 13.7. The summed E-state index contributed by atoms with van der Waals surface area (Å²) in [7, 11) is 0. The highest BCUT2D eigenvalue weighted by atomic mass is 35.5. The molecule has 5 fully saturated rings. The summed E-state index contributed by atoms with van der Waals surface area (Å²) < 4.78 is 0. The van der Waals surface area contributed by atoms with Crippen molar-refractivity contribution in [3.8, 4) is 0 Å². The van der Waals surface area contributed by atoms with E-state index in [9.17, 15) is 0 Å². The minimum Gasteiger partial charge on any atom is -0.302 e. The molecule has 0 spiro atoms. The van der Waals surface area contributed by atoms with Gasteiger partial charge in [0.05, 0.1) is 0 Å². The molecule has 1 aromatic rings. The summed E-state index contributed by atoms with van der Waals surface area (Å²) in [4.78, 5) is 2.81. The average Bonchev–Trinajstić information content (AvgIpc) is 2.60. The molecule has 4 saturated carbocycles. The molecule has 4 aliphatic carbocycles. The summed E-state index contributed by atoms with van der Waals surface area (Å²) in [6, 6.07) is 11.3. The lowest BCUT2D eigenvalue weighted by atomic mass is 9.49. The number of likely N-dealkylation sites (tertiary alicyclic amines) is 1. The van der Waals surface area contributed by atoms with Crippen molar-refractivity contribution < 1.29 is 0 Å². The van der Waals surface area contributed by atoms with Crippen LogP contribution in [0.25, 0.3) is 0 Å². The number of nitrogens with zero attached hydrogens (tertiary/aromatic N) is 1. The molecule has 1 aliphatic heterocycles. The summed E-state index contributed by atoms with van der Waals surface area (Å²) in [5.74, 6) is 3.30. The Kier molecular flexibility index (Phi) is 5.16. The second kappa shape index (κ2) is 7.13. The fourth-order valence-corrected chi connectivity index (χ4v) is 7.60. The maximum Gasteiger partial charge on any atom is 0.00760 e. The molecule has 1 atom stereocenters. The van der Waals surface area contributed by atoms with E-state index in [-0.39, 0.29) is 12.4 Å². The first-order chi connectivity index (χ1) is 12.1. The molecule has 0 radical (unpaired) electrons. The number of benzene rings is 1. The summed E-state index contributed by atoms with van der Waals surface area (Å²) in [6.45, 7) is 6.45. The van der Waals surface area contributed by atoms with Crippen molar-refractivity contribution in [2.45, 2.75) is 70.1 Å². The first-order valence-electron chi connectivity index (χ1n) is 10.9. The third-order valence-electron chi connectivity index (χ3n) is 8.37. The maximum absolute atomic E-state index is 2.81. The lowest BCUT2D eigenvalue weighted by molar-refractivity contribution is -0.0624. The zero-order valence-electron chi connectivity index (χ0n) is 16.5. The van der Waals surface area contributed by atoms with Gasteiger partial charge in [-0.1, -0.05) is 37.3 Å². The molecule has 144 valence electrons. The van der Waals surface area contributed by atoms with Crippen LogP contribution in [0.1, 0.15) is 70.3 Å². The normalized spacial score (nSPS) is 41.8. The van der Waals surface area contributed by atoms with Crippen molar-refractivity contribution in [3.63, 3.8) is 0 Å². The third kappa shape index (κ3) is 3.47. The van der Waals surface area contributed by atoms with E-state index in [1.807, 2.05) is 0 Å². The van der Waals surface area contributed by atoms with Gasteiger partial charge in [0.2, 0.25) is 0 Å². The van der Waals surface area contributed by atoms with Crippen LogP contribution in [-0.2, 0) is 5.41 Å². The molecule has 0 N–H and O–H groups in total. The Hall–Kier alpha value is -0.530. The highest BCUT2D eigenvalue weighted by molar-refractivity contribution is 5.85. The largest absolute Gasteiger partial charge is 0.302 e. The lowest BCUT2D eigenvalue weighted by Gasteiger charge is -2.57. The topological polar surface area (TPSA) is 3.24 Å². The van der Waals surface area contributed by atoms with Crippen LogP contribution in [0.4, 0.5) is 0 Å². The molecule has 0 amide bonds. The van der Waals surface area contributed by atoms with Gasteiger partial charge in [-0.25, -0.2) is 0 Å². The minimum absolute atomic E-state index is 0. The molecule has 6 rings (SSSR count). The Labute approximate surface area is 166 Å². The van der Waals surface area contributed by atoms with Crippen LogP contribution in [0.2, 0.25) is 0 Å². The molecule has 1 unspecified atom stereocenters. The molecule has 1 heterocycles. The minimum atomic E-state index is 0. The quantitative estimate of drug-likeness (QED) is 0.619. The Balaban J connectivity index is 0.00000168. The number of rotatable bonds is 4. The van der Waals surface area contributed by atoms with E-state index in [0.29, 0.717) is 5.41 Å². The van der Waals surface area contributed by atoms with Crippen LogP contribution in [0.3, 0.4) is 0 Å². The van der Waals surface area contributed by atoms with E-state index >= 15 is 0 Å². The van der Waals surface area contributed by atoms with Crippen LogP contribution in [-0.4, -0.2) is 24.5 Å². The van der Waals surface area contributed by atoms with Crippen molar-refractivity contribution in [2.24, 2.45) is 23.2 Å². The monoisotopic (exact) mass is 373 g/mol. The van der Waals surface area contributed by atoms with Crippen LogP contribution in [0.5, 0.6) is 0 Å². The number of hydrogen-bond donors (Lipinski definition) is 0. The van der Waals surface area contributed by atoms with Crippen molar-refractivity contribution in [3.05, 3.63) is 35.9 Å². The molecule has 1 aromatic carbocycles. The molecule has 5 aliphatic rings. The maximum atomic E-state index is 2.81. The van der Waals surface area contributed by atoms with Gasteiger partial charge in [-0.15, -0.1) is 12.4 Å². The van der Waals surface area contributed by atoms with Crippen molar-refractivity contribution in [1.29, 1.82) is 0 Å². The van der Waals surface area contributed by atoms with Gasteiger partial charge in [0, 0.05) is 12.0 Å². The predicted octanol–water partition coefficient (Wildman–Crippen LogP) is 6.07. The van der Waals surface area contributed by atoms with Gasteiger partial charge in [-0.2, -0.15) is 0 Å². The van der Waals surface area contributed by atoms with Crippen LogP contribution in [0, 0.1) is 23.2 Å². The Morgan fingerprint density at radius 3 is 2.19 bits per heavy atom. The summed E-state index contributed by atoms with van der Waals surface area (Å²) in [5, 5.41) is 0. The molecular weight excluding hydrogens is 338 g/mol. The fraction of sp³-hybridized carbons (Fsp3) is 0.750. The smallest absolute Gasteiger partial charge is 0.00760 e. The zero-order valence-corrected chi connectivity index (χ0v) is 17.3. The molecule has 2 heteroatoms. The van der Waals surface area contributed by atoms with Gasteiger partial charge in [0.15, 0.2) is 0 Å². The molecular formula is C24H36ClN. The van der Waals surface area contributed by atoms with Crippen molar-refractivity contribution in [1.82, 2.24) is 4.90 Å². The number of hydrogen-bond acceptors (Lipinski definition) is 1. The summed E-state index contributed by atoms with van der Waals surface area (Å²) >= 11 is 0. The molecule has 4 bridgehead atoms. The fourth-order valence-electron chi connectivity index (χ4n) is 7.60. The lowest BCUT2D eigenvalue weighted by Crippen LogP contribution is -2.49. The Bertz CT molecular complexity index is 577. The number of piperidine rings is 1. The summed E-state index contributed by atoms with van der Waals surface area (Å²) in [5.41, 5.74) is 2.66. The van der Waals surface area contributed by atoms with Crippen molar-refractivity contribution in [2.75, 3.05) is 19.6 Å². The third-order valence-corrected chi connectivity index (χ3v) is 8.37. The average molecular weight is 374 g/mol. The van der Waals surface area contributed by atoms with Crippen LogP contribution < -0.4 is 0 Å². The van der Waals surface area contributed by atoms with Crippen LogP contribution in [0.15, 0.2) is 30.3 Å². The van der Waals surface area contributed by atoms with Gasteiger partial charge in [-0.05, 0) is 99.6 Å².